The van der Waals surface area contributed by atoms with Crippen LogP contribution in [0, 0.1) is 0 Å². The molecule has 0 aliphatic heterocycles. The molecule has 0 aliphatic rings. The monoisotopic (exact) mass is 298 g/mol. The van der Waals surface area contributed by atoms with Crippen molar-refractivity contribution in [3.8, 4) is 0 Å². The van der Waals surface area contributed by atoms with Crippen LogP contribution >= 0.6 is 0 Å². The Morgan fingerprint density at radius 1 is 1.35 bits per heavy atom. The Balaban J connectivity index is 4.01. The summed E-state index contributed by atoms with van der Waals surface area (Å²) in [6.45, 7) is 2.22. The van der Waals surface area contributed by atoms with Crippen LogP contribution in [-0.2, 0) is 14.3 Å². The fourth-order valence-electron chi connectivity index (χ4n) is 0.973. The molecule has 0 aromatic rings. The molecule has 9 heteroatoms. The number of rotatable bonds is 7. The Morgan fingerprint density at radius 3 is 2.35 bits per heavy atom. The van der Waals surface area contributed by atoms with Gasteiger partial charge in [-0.25, -0.2) is 13.6 Å². The first kappa shape index (κ1) is 18.5. The first-order valence-corrected chi connectivity index (χ1v) is 5.84. The number of alkyl carbamates (subject to hydrolysis) is 1. The average molecular weight is 298 g/mol. The van der Waals surface area contributed by atoms with Gasteiger partial charge in [0.25, 0.3) is 5.92 Å². The Morgan fingerprint density at radius 2 is 1.90 bits per heavy atom. The van der Waals surface area contributed by atoms with E-state index in [-0.39, 0.29) is 0 Å². The summed E-state index contributed by atoms with van der Waals surface area (Å²) >= 11 is 0. The molecule has 0 saturated carbocycles. The second-order valence-corrected chi connectivity index (χ2v) is 5.17. The Hall–Kier alpha value is -1.48. The summed E-state index contributed by atoms with van der Waals surface area (Å²) in [4.78, 5) is 21.5. The Labute approximate surface area is 115 Å². The molecule has 0 spiro atoms. The van der Waals surface area contributed by atoms with Crippen LogP contribution in [-0.4, -0.2) is 54.5 Å². The van der Waals surface area contributed by atoms with Crippen molar-refractivity contribution in [2.45, 2.75) is 38.3 Å². The lowest BCUT2D eigenvalue weighted by molar-refractivity contribution is -0.141. The predicted octanol–water partition coefficient (Wildman–Crippen LogP) is 0.575. The molecule has 0 saturated heterocycles. The van der Waals surface area contributed by atoms with Gasteiger partial charge in [0.15, 0.2) is 0 Å². The van der Waals surface area contributed by atoms with Crippen molar-refractivity contribution in [1.29, 1.82) is 0 Å². The van der Waals surface area contributed by atoms with Gasteiger partial charge in [0.1, 0.15) is 18.2 Å². The fraction of sp³-hybridized carbons (Fsp3) is 0.818. The molecule has 0 bridgehead atoms. The van der Waals surface area contributed by atoms with E-state index in [0.29, 0.717) is 0 Å². The lowest BCUT2D eigenvalue weighted by Crippen LogP contribution is -2.43. The predicted molar refractivity (Wildman–Crippen MR) is 65.6 cm³/mol. The lowest BCUT2D eigenvalue weighted by atomic mass is 10.2. The molecule has 0 heterocycles. The molecular weight excluding hydrogens is 278 g/mol. The number of carbonyl (C=O) groups is 2. The summed E-state index contributed by atoms with van der Waals surface area (Å²) in [5.74, 6) is -4.70. The molecule has 0 aromatic heterocycles. The van der Waals surface area contributed by atoms with Crippen molar-refractivity contribution in [2.75, 3.05) is 19.8 Å². The number of carboxylic acid groups (broad SMARTS) is 1. The summed E-state index contributed by atoms with van der Waals surface area (Å²) in [5, 5.41) is 10.3. The smallest absolute Gasteiger partial charge is 0.407 e. The SMILES string of the molecule is CC(C)(C)OC(=O)NCC(F)(F)COC[C@H](N)C(=O)O. The van der Waals surface area contributed by atoms with Gasteiger partial charge in [-0.05, 0) is 20.8 Å². The molecule has 0 aromatic carbocycles. The van der Waals surface area contributed by atoms with Gasteiger partial charge in [-0.2, -0.15) is 0 Å². The second kappa shape index (κ2) is 7.34. The quantitative estimate of drug-likeness (QED) is 0.634. The standard InChI is InChI=1S/C11H20F2N2O5/c1-10(2,3)20-9(18)15-5-11(12,13)6-19-4-7(14)8(16)17/h7H,4-6,14H2,1-3H3,(H,15,18)(H,16,17)/t7-/m0/s1. The van der Waals surface area contributed by atoms with Crippen molar-refractivity contribution in [1.82, 2.24) is 5.32 Å². The zero-order valence-electron chi connectivity index (χ0n) is 11.6. The summed E-state index contributed by atoms with van der Waals surface area (Å²) < 4.78 is 35.9. The van der Waals surface area contributed by atoms with Crippen LogP contribution in [0.1, 0.15) is 20.8 Å². The molecule has 0 aliphatic carbocycles. The van der Waals surface area contributed by atoms with Crippen LogP contribution in [0.3, 0.4) is 0 Å². The first-order valence-electron chi connectivity index (χ1n) is 5.84. The lowest BCUT2D eigenvalue weighted by Gasteiger charge is -2.22. The van der Waals surface area contributed by atoms with E-state index in [1.807, 2.05) is 5.32 Å². The van der Waals surface area contributed by atoms with E-state index in [4.69, 9.17) is 15.6 Å². The maximum atomic E-state index is 13.3. The van der Waals surface area contributed by atoms with E-state index < -0.39 is 49.4 Å². The zero-order chi connectivity index (χ0) is 16.0. The summed E-state index contributed by atoms with van der Waals surface area (Å²) in [7, 11) is 0. The number of hydrogen-bond donors (Lipinski definition) is 3. The highest BCUT2D eigenvalue weighted by molar-refractivity contribution is 5.73. The third-order valence-corrected chi connectivity index (χ3v) is 1.82. The number of alkyl halides is 2. The third-order valence-electron chi connectivity index (χ3n) is 1.82. The number of aliphatic carboxylic acids is 1. The summed E-state index contributed by atoms with van der Waals surface area (Å²) in [6.07, 6.45) is -0.973. The number of hydrogen-bond acceptors (Lipinski definition) is 5. The number of ether oxygens (including phenoxy) is 2. The number of amides is 1. The van der Waals surface area contributed by atoms with Gasteiger partial charge >= 0.3 is 12.1 Å². The van der Waals surface area contributed by atoms with Crippen LogP contribution in [0.25, 0.3) is 0 Å². The third kappa shape index (κ3) is 9.45. The largest absolute Gasteiger partial charge is 0.480 e. The van der Waals surface area contributed by atoms with Gasteiger partial charge in [-0.1, -0.05) is 0 Å². The average Bonchev–Trinajstić information content (AvgIpc) is 2.23. The van der Waals surface area contributed by atoms with Crippen molar-refractivity contribution < 1.29 is 33.0 Å². The van der Waals surface area contributed by atoms with Gasteiger partial charge in [-0.15, -0.1) is 0 Å². The fourth-order valence-corrected chi connectivity index (χ4v) is 0.973. The van der Waals surface area contributed by atoms with Crippen molar-refractivity contribution in [3.05, 3.63) is 0 Å². The minimum absolute atomic E-state index is 0.544. The van der Waals surface area contributed by atoms with Crippen LogP contribution in [0.15, 0.2) is 0 Å². The van der Waals surface area contributed by atoms with E-state index in [2.05, 4.69) is 4.74 Å². The number of carbonyl (C=O) groups excluding carboxylic acids is 1. The van der Waals surface area contributed by atoms with Gasteiger partial charge in [0.05, 0.1) is 13.2 Å². The minimum atomic E-state index is -3.35. The van der Waals surface area contributed by atoms with Gasteiger partial charge in [0.2, 0.25) is 0 Å². The van der Waals surface area contributed by atoms with Crippen LogP contribution in [0.5, 0.6) is 0 Å². The van der Waals surface area contributed by atoms with Crippen LogP contribution in [0.4, 0.5) is 13.6 Å². The van der Waals surface area contributed by atoms with Gasteiger partial charge < -0.3 is 25.6 Å². The number of carboxylic acids is 1. The molecular formula is C11H20F2N2O5. The normalized spacial score (nSPS) is 13.7. The molecule has 20 heavy (non-hydrogen) atoms. The highest BCUT2D eigenvalue weighted by Gasteiger charge is 2.31. The molecule has 1 atom stereocenters. The summed E-state index contributed by atoms with van der Waals surface area (Å²) in [6, 6.07) is -1.37. The molecule has 0 unspecified atom stereocenters. The number of nitrogens with one attached hydrogen (secondary N) is 1. The number of nitrogens with two attached hydrogens (primary N) is 1. The van der Waals surface area contributed by atoms with Gasteiger partial charge in [0, 0.05) is 0 Å². The maximum Gasteiger partial charge on any atom is 0.407 e. The van der Waals surface area contributed by atoms with Gasteiger partial charge in [-0.3, -0.25) is 4.79 Å². The molecule has 0 fully saturated rings. The van der Waals surface area contributed by atoms with Crippen LogP contribution < -0.4 is 11.1 Å². The van der Waals surface area contributed by atoms with E-state index in [1.54, 1.807) is 20.8 Å². The highest BCUT2D eigenvalue weighted by atomic mass is 19.3. The van der Waals surface area contributed by atoms with E-state index >= 15 is 0 Å². The second-order valence-electron chi connectivity index (χ2n) is 5.17. The van der Waals surface area contributed by atoms with E-state index in [0.717, 1.165) is 0 Å². The maximum absolute atomic E-state index is 13.3. The highest BCUT2D eigenvalue weighted by Crippen LogP contribution is 2.13. The zero-order valence-corrected chi connectivity index (χ0v) is 11.6. The van der Waals surface area contributed by atoms with E-state index in [1.165, 1.54) is 0 Å². The molecule has 7 nitrogen and oxygen atoms in total. The van der Waals surface area contributed by atoms with Crippen molar-refractivity contribution >= 4 is 12.1 Å². The van der Waals surface area contributed by atoms with E-state index in [9.17, 15) is 18.4 Å². The molecule has 4 N–H and O–H groups in total. The first-order chi connectivity index (χ1) is 8.93. The molecule has 1 amide bonds. The van der Waals surface area contributed by atoms with Crippen molar-refractivity contribution in [2.24, 2.45) is 5.73 Å². The van der Waals surface area contributed by atoms with Crippen molar-refractivity contribution in [3.63, 3.8) is 0 Å². The number of halogens is 2. The topological polar surface area (TPSA) is 111 Å². The molecule has 0 rings (SSSR count). The minimum Gasteiger partial charge on any atom is -0.480 e. The summed E-state index contributed by atoms with van der Waals surface area (Å²) in [5.41, 5.74) is 4.29. The Bertz CT molecular complexity index is 344. The molecule has 118 valence electrons. The molecule has 0 radical (unpaired) electrons. The Kier molecular flexibility index (Phi) is 6.80. The van der Waals surface area contributed by atoms with Crippen LogP contribution in [0.2, 0.25) is 0 Å².